The Labute approximate surface area is 81.7 Å². The third-order valence-corrected chi connectivity index (χ3v) is 3.90. The first-order valence-electron chi connectivity index (χ1n) is 5.66. The number of nitrogens with zero attached hydrogens (tertiary/aromatic N) is 1. The van der Waals surface area contributed by atoms with Crippen molar-refractivity contribution < 1.29 is 0 Å². The number of rotatable bonds is 2. The van der Waals surface area contributed by atoms with Crippen LogP contribution >= 0.6 is 0 Å². The summed E-state index contributed by atoms with van der Waals surface area (Å²) in [5, 5.41) is 3.55. The smallest absolute Gasteiger partial charge is 0.00775 e. The molecule has 1 saturated heterocycles. The molecular weight excluding hydrogens is 160 g/mol. The van der Waals surface area contributed by atoms with Gasteiger partial charge in [0.1, 0.15) is 0 Å². The zero-order chi connectivity index (χ0) is 9.31. The third-order valence-electron chi connectivity index (χ3n) is 3.90. The summed E-state index contributed by atoms with van der Waals surface area (Å²) in [6.07, 6.45) is 5.75. The Morgan fingerprint density at radius 2 is 1.92 bits per heavy atom. The van der Waals surface area contributed by atoms with Crippen molar-refractivity contribution in [3.8, 4) is 0 Å². The molecule has 1 aliphatic carbocycles. The van der Waals surface area contributed by atoms with Crippen LogP contribution in [0, 0.1) is 5.41 Å². The second kappa shape index (κ2) is 3.58. The highest BCUT2D eigenvalue weighted by atomic mass is 15.1. The van der Waals surface area contributed by atoms with Gasteiger partial charge in [-0.25, -0.2) is 0 Å². The molecule has 1 aliphatic heterocycles. The standard InChI is InChI=1S/C11H22N2/c1-3-12-10-8-11(9-10)4-6-13(2)7-5-11/h10,12H,3-9H2,1-2H3. The van der Waals surface area contributed by atoms with Crippen molar-refractivity contribution in [3.05, 3.63) is 0 Å². The van der Waals surface area contributed by atoms with Crippen LogP contribution in [0.25, 0.3) is 0 Å². The summed E-state index contributed by atoms with van der Waals surface area (Å²) in [5.74, 6) is 0. The van der Waals surface area contributed by atoms with Gasteiger partial charge in [0.25, 0.3) is 0 Å². The lowest BCUT2D eigenvalue weighted by Crippen LogP contribution is -2.53. The average molecular weight is 182 g/mol. The molecule has 0 aromatic heterocycles. The highest BCUT2D eigenvalue weighted by molar-refractivity contribution is 4.99. The van der Waals surface area contributed by atoms with Crippen LogP contribution in [0.3, 0.4) is 0 Å². The summed E-state index contributed by atoms with van der Waals surface area (Å²) < 4.78 is 0. The predicted octanol–water partition coefficient (Wildman–Crippen LogP) is 1.47. The molecule has 2 aliphatic rings. The molecule has 2 rings (SSSR count). The molecule has 76 valence electrons. The summed E-state index contributed by atoms with van der Waals surface area (Å²) in [7, 11) is 2.24. The van der Waals surface area contributed by atoms with E-state index in [2.05, 4.69) is 24.2 Å². The third kappa shape index (κ3) is 1.89. The normalized spacial score (nSPS) is 29.1. The fraction of sp³-hybridized carbons (Fsp3) is 1.00. The molecular formula is C11H22N2. The van der Waals surface area contributed by atoms with Crippen LogP contribution in [0.4, 0.5) is 0 Å². The van der Waals surface area contributed by atoms with E-state index in [1.54, 1.807) is 0 Å². The second-order valence-electron chi connectivity index (χ2n) is 4.97. The Bertz CT molecular complexity index is 163. The molecule has 1 heterocycles. The van der Waals surface area contributed by atoms with Crippen LogP contribution in [0.2, 0.25) is 0 Å². The predicted molar refractivity (Wildman–Crippen MR) is 55.9 cm³/mol. The minimum Gasteiger partial charge on any atom is -0.314 e. The van der Waals surface area contributed by atoms with Gasteiger partial charge < -0.3 is 10.2 Å². The van der Waals surface area contributed by atoms with Gasteiger partial charge in [0.2, 0.25) is 0 Å². The largest absolute Gasteiger partial charge is 0.314 e. The Hall–Kier alpha value is -0.0800. The van der Waals surface area contributed by atoms with Crippen molar-refractivity contribution in [1.82, 2.24) is 10.2 Å². The number of piperidine rings is 1. The topological polar surface area (TPSA) is 15.3 Å². The number of hydrogen-bond acceptors (Lipinski definition) is 2. The van der Waals surface area contributed by atoms with Gasteiger partial charge in [0, 0.05) is 6.04 Å². The maximum absolute atomic E-state index is 3.55. The summed E-state index contributed by atoms with van der Waals surface area (Å²) in [4.78, 5) is 2.46. The molecule has 0 radical (unpaired) electrons. The summed E-state index contributed by atoms with van der Waals surface area (Å²) in [5.41, 5.74) is 0.749. The number of nitrogens with one attached hydrogen (secondary N) is 1. The SMILES string of the molecule is CCNC1CC2(CCN(C)CC2)C1. The first-order chi connectivity index (χ1) is 6.24. The molecule has 2 fully saturated rings. The zero-order valence-corrected chi connectivity index (χ0v) is 8.97. The van der Waals surface area contributed by atoms with Crippen molar-refractivity contribution >= 4 is 0 Å². The van der Waals surface area contributed by atoms with E-state index in [1.165, 1.54) is 38.8 Å². The first-order valence-corrected chi connectivity index (χ1v) is 5.66. The number of hydrogen-bond donors (Lipinski definition) is 1. The zero-order valence-electron chi connectivity index (χ0n) is 8.97. The minimum absolute atomic E-state index is 0.749. The van der Waals surface area contributed by atoms with Crippen LogP contribution < -0.4 is 5.32 Å². The van der Waals surface area contributed by atoms with Gasteiger partial charge in [-0.05, 0) is 57.8 Å². The minimum atomic E-state index is 0.749. The highest BCUT2D eigenvalue weighted by Gasteiger charge is 2.44. The van der Waals surface area contributed by atoms with Gasteiger partial charge in [-0.2, -0.15) is 0 Å². The molecule has 0 atom stereocenters. The molecule has 0 aromatic carbocycles. The van der Waals surface area contributed by atoms with Gasteiger partial charge in [-0.1, -0.05) is 6.92 Å². The summed E-state index contributed by atoms with van der Waals surface area (Å²) >= 11 is 0. The van der Waals surface area contributed by atoms with Gasteiger partial charge in [-0.15, -0.1) is 0 Å². The van der Waals surface area contributed by atoms with E-state index in [0.29, 0.717) is 0 Å². The summed E-state index contributed by atoms with van der Waals surface area (Å²) in [6.45, 7) is 5.98. The van der Waals surface area contributed by atoms with E-state index in [0.717, 1.165) is 18.0 Å². The first kappa shape index (κ1) is 9.47. The van der Waals surface area contributed by atoms with E-state index in [4.69, 9.17) is 0 Å². The van der Waals surface area contributed by atoms with E-state index >= 15 is 0 Å². The molecule has 0 aromatic rings. The van der Waals surface area contributed by atoms with Crippen LogP contribution in [0.1, 0.15) is 32.6 Å². The van der Waals surface area contributed by atoms with Crippen LogP contribution in [0.15, 0.2) is 0 Å². The lowest BCUT2D eigenvalue weighted by molar-refractivity contribution is 0.0141. The molecule has 1 saturated carbocycles. The fourth-order valence-corrected chi connectivity index (χ4v) is 2.92. The molecule has 0 unspecified atom stereocenters. The maximum Gasteiger partial charge on any atom is 0.00775 e. The quantitative estimate of drug-likeness (QED) is 0.695. The molecule has 0 bridgehead atoms. The van der Waals surface area contributed by atoms with E-state index < -0.39 is 0 Å². The Kier molecular flexibility index (Phi) is 2.61. The lowest BCUT2D eigenvalue weighted by Gasteiger charge is -2.52. The lowest BCUT2D eigenvalue weighted by atomic mass is 9.60. The Morgan fingerprint density at radius 1 is 1.31 bits per heavy atom. The summed E-state index contributed by atoms with van der Waals surface area (Å²) in [6, 6.07) is 0.841. The van der Waals surface area contributed by atoms with Crippen LogP contribution in [0.5, 0.6) is 0 Å². The van der Waals surface area contributed by atoms with Crippen molar-refractivity contribution in [2.24, 2.45) is 5.41 Å². The second-order valence-corrected chi connectivity index (χ2v) is 4.97. The number of likely N-dealkylation sites (tertiary alicyclic amines) is 1. The van der Waals surface area contributed by atoms with Crippen LogP contribution in [-0.2, 0) is 0 Å². The Balaban J connectivity index is 1.76. The molecule has 13 heavy (non-hydrogen) atoms. The van der Waals surface area contributed by atoms with Crippen molar-refractivity contribution in [1.29, 1.82) is 0 Å². The fourth-order valence-electron chi connectivity index (χ4n) is 2.92. The van der Waals surface area contributed by atoms with Gasteiger partial charge in [0.15, 0.2) is 0 Å². The Morgan fingerprint density at radius 3 is 2.46 bits per heavy atom. The molecule has 0 amide bonds. The van der Waals surface area contributed by atoms with E-state index in [-0.39, 0.29) is 0 Å². The van der Waals surface area contributed by atoms with Gasteiger partial charge in [0.05, 0.1) is 0 Å². The van der Waals surface area contributed by atoms with Crippen molar-refractivity contribution in [2.75, 3.05) is 26.7 Å². The van der Waals surface area contributed by atoms with E-state index in [1.807, 2.05) is 0 Å². The molecule has 1 spiro atoms. The molecule has 2 heteroatoms. The highest BCUT2D eigenvalue weighted by Crippen LogP contribution is 2.48. The van der Waals surface area contributed by atoms with Gasteiger partial charge >= 0.3 is 0 Å². The van der Waals surface area contributed by atoms with Crippen LogP contribution in [-0.4, -0.2) is 37.6 Å². The molecule has 2 nitrogen and oxygen atoms in total. The molecule has 1 N–H and O–H groups in total. The average Bonchev–Trinajstić information content (AvgIpc) is 2.07. The van der Waals surface area contributed by atoms with Gasteiger partial charge in [-0.3, -0.25) is 0 Å². The van der Waals surface area contributed by atoms with E-state index in [9.17, 15) is 0 Å². The van der Waals surface area contributed by atoms with Crippen molar-refractivity contribution in [3.63, 3.8) is 0 Å². The van der Waals surface area contributed by atoms with Crippen molar-refractivity contribution in [2.45, 2.75) is 38.6 Å². The maximum atomic E-state index is 3.55. The monoisotopic (exact) mass is 182 g/mol.